The van der Waals surface area contributed by atoms with Gasteiger partial charge < -0.3 is 13.9 Å². The molecule has 0 aliphatic carbocycles. The van der Waals surface area contributed by atoms with Crippen molar-refractivity contribution in [3.8, 4) is 27.9 Å². The highest BCUT2D eigenvalue weighted by Crippen LogP contribution is 2.45. The highest BCUT2D eigenvalue weighted by atomic mass is 32.1. The molecule has 0 fully saturated rings. The number of hydrogen-bond donors (Lipinski definition) is 0. The molecular formula is C54H34N2OS. The summed E-state index contributed by atoms with van der Waals surface area (Å²) in [7, 11) is 0. The Labute approximate surface area is 338 Å². The Balaban J connectivity index is 1.01. The molecule has 0 aliphatic rings. The third kappa shape index (κ3) is 5.12. The van der Waals surface area contributed by atoms with Crippen molar-refractivity contribution in [2.75, 3.05) is 4.90 Å². The van der Waals surface area contributed by atoms with E-state index in [0.29, 0.717) is 0 Å². The summed E-state index contributed by atoms with van der Waals surface area (Å²) in [6, 6.07) is 74.4. The Morgan fingerprint density at radius 2 is 1.02 bits per heavy atom. The van der Waals surface area contributed by atoms with Crippen molar-refractivity contribution in [2.24, 2.45) is 0 Å². The SMILES string of the molecule is c1ccc(N(c2ccc(-c3cc(-n4c5ccccc5c5ccccc54)cc4c3sc3ccccc34)cc2)c2cccc(-c3cccc4c3oc3ccccc34)c2)cc1. The molecule has 0 aliphatic heterocycles. The van der Waals surface area contributed by atoms with E-state index in [2.05, 4.69) is 204 Å². The second-order valence-electron chi connectivity index (χ2n) is 14.9. The first kappa shape index (κ1) is 32.8. The van der Waals surface area contributed by atoms with Crippen LogP contribution in [0.4, 0.5) is 17.1 Å². The molecule has 0 amide bonds. The number of furan rings is 1. The molecule has 0 spiro atoms. The molecular weight excluding hydrogens is 725 g/mol. The molecule has 0 bridgehead atoms. The predicted octanol–water partition coefficient (Wildman–Crippen LogP) is 15.9. The maximum Gasteiger partial charge on any atom is 0.143 e. The summed E-state index contributed by atoms with van der Waals surface area (Å²) in [5, 5.41) is 7.36. The largest absolute Gasteiger partial charge is 0.455 e. The van der Waals surface area contributed by atoms with Crippen molar-refractivity contribution in [3.63, 3.8) is 0 Å². The van der Waals surface area contributed by atoms with Crippen LogP contribution in [-0.2, 0) is 0 Å². The van der Waals surface area contributed by atoms with Crippen LogP contribution >= 0.6 is 11.3 Å². The van der Waals surface area contributed by atoms with Gasteiger partial charge >= 0.3 is 0 Å². The van der Waals surface area contributed by atoms with Crippen LogP contribution in [0.15, 0.2) is 211 Å². The normalized spacial score (nSPS) is 11.8. The number of anilines is 3. The number of thiophene rings is 1. The van der Waals surface area contributed by atoms with Crippen LogP contribution < -0.4 is 4.90 Å². The molecule has 0 saturated heterocycles. The summed E-state index contributed by atoms with van der Waals surface area (Å²) in [6.45, 7) is 0. The molecule has 3 aromatic heterocycles. The summed E-state index contributed by atoms with van der Waals surface area (Å²) in [4.78, 5) is 2.34. The van der Waals surface area contributed by atoms with E-state index in [1.54, 1.807) is 0 Å². The highest BCUT2D eigenvalue weighted by molar-refractivity contribution is 7.26. The van der Waals surface area contributed by atoms with E-state index in [-0.39, 0.29) is 0 Å². The lowest BCUT2D eigenvalue weighted by molar-refractivity contribution is 0.670. The van der Waals surface area contributed by atoms with E-state index in [1.165, 1.54) is 53.1 Å². The van der Waals surface area contributed by atoms with Gasteiger partial charge in [-0.05, 0) is 83.9 Å². The van der Waals surface area contributed by atoms with Gasteiger partial charge in [0.05, 0.1) is 11.0 Å². The van der Waals surface area contributed by atoms with E-state index in [4.69, 9.17) is 4.42 Å². The van der Waals surface area contributed by atoms with Crippen molar-refractivity contribution in [2.45, 2.75) is 0 Å². The number of benzene rings is 9. The lowest BCUT2D eigenvalue weighted by atomic mass is 10.00. The van der Waals surface area contributed by atoms with Gasteiger partial charge in [0.2, 0.25) is 0 Å². The van der Waals surface area contributed by atoms with Gasteiger partial charge in [-0.1, -0.05) is 133 Å². The maximum absolute atomic E-state index is 6.47. The molecule has 3 heterocycles. The van der Waals surface area contributed by atoms with Crippen LogP contribution in [0.5, 0.6) is 0 Å². The van der Waals surface area contributed by atoms with Crippen molar-refractivity contribution >= 4 is 92.3 Å². The third-order valence-electron chi connectivity index (χ3n) is 11.6. The number of nitrogens with zero attached hydrogens (tertiary/aromatic N) is 2. The second kappa shape index (κ2) is 13.1. The van der Waals surface area contributed by atoms with Gasteiger partial charge in [0.15, 0.2) is 0 Å². The standard InChI is InChI=1S/C54H34N2OS/c1-2-15-37(16-3-1)55(39-17-12-14-36(32-39)41-22-13-23-46-44-20-6-10-26-51(44)57-53(41)46)38-30-28-35(29-31-38)47-33-40(34-48-45-21-7-11-27-52(45)58-54(47)48)56-49-24-8-4-18-42(49)43-19-5-9-25-50(43)56/h1-34H. The van der Waals surface area contributed by atoms with Crippen LogP contribution in [0.2, 0.25) is 0 Å². The summed E-state index contributed by atoms with van der Waals surface area (Å²) in [5.74, 6) is 0. The Morgan fingerprint density at radius 3 is 1.81 bits per heavy atom. The van der Waals surface area contributed by atoms with Crippen molar-refractivity contribution in [3.05, 3.63) is 206 Å². The second-order valence-corrected chi connectivity index (χ2v) is 15.9. The number of rotatable bonds is 6. The number of para-hydroxylation sites is 5. The number of hydrogen-bond acceptors (Lipinski definition) is 3. The zero-order valence-corrected chi connectivity index (χ0v) is 32.2. The minimum absolute atomic E-state index is 0.903. The Bertz CT molecular complexity index is 3460. The zero-order chi connectivity index (χ0) is 38.2. The molecule has 0 radical (unpaired) electrons. The topological polar surface area (TPSA) is 21.3 Å². The van der Waals surface area contributed by atoms with Gasteiger partial charge in [0.1, 0.15) is 11.2 Å². The summed E-state index contributed by atoms with van der Waals surface area (Å²) < 4.78 is 11.5. The van der Waals surface area contributed by atoms with Crippen LogP contribution in [0.3, 0.4) is 0 Å². The molecule has 3 nitrogen and oxygen atoms in total. The molecule has 58 heavy (non-hydrogen) atoms. The van der Waals surface area contributed by atoms with Crippen LogP contribution in [0.1, 0.15) is 0 Å². The number of fused-ring (bicyclic) bond motifs is 9. The predicted molar refractivity (Wildman–Crippen MR) is 247 cm³/mol. The Kier molecular flexibility index (Phi) is 7.40. The summed E-state index contributed by atoms with van der Waals surface area (Å²) >= 11 is 1.87. The average molecular weight is 759 g/mol. The molecule has 272 valence electrons. The molecule has 0 atom stereocenters. The highest BCUT2D eigenvalue weighted by Gasteiger charge is 2.19. The lowest BCUT2D eigenvalue weighted by Gasteiger charge is -2.26. The lowest BCUT2D eigenvalue weighted by Crippen LogP contribution is -2.09. The van der Waals surface area contributed by atoms with Crippen LogP contribution in [0, 0.1) is 0 Å². The fraction of sp³-hybridized carbons (Fsp3) is 0. The van der Waals surface area contributed by atoms with E-state index in [1.807, 2.05) is 23.5 Å². The Hall–Kier alpha value is -7.40. The molecule has 0 unspecified atom stereocenters. The molecule has 4 heteroatoms. The molecule has 9 aromatic carbocycles. The molecule has 12 aromatic rings. The van der Waals surface area contributed by atoms with Gasteiger partial charge in [0, 0.05) is 75.6 Å². The van der Waals surface area contributed by atoms with E-state index >= 15 is 0 Å². The monoisotopic (exact) mass is 758 g/mol. The van der Waals surface area contributed by atoms with Crippen molar-refractivity contribution < 1.29 is 4.42 Å². The van der Waals surface area contributed by atoms with Gasteiger partial charge in [0.25, 0.3) is 0 Å². The number of aromatic nitrogens is 1. The fourth-order valence-corrected chi connectivity index (χ4v) is 10.2. The molecule has 0 N–H and O–H groups in total. The quantitative estimate of drug-likeness (QED) is 0.168. The van der Waals surface area contributed by atoms with Crippen molar-refractivity contribution in [1.29, 1.82) is 0 Å². The first-order valence-electron chi connectivity index (χ1n) is 19.7. The smallest absolute Gasteiger partial charge is 0.143 e. The first-order valence-corrected chi connectivity index (χ1v) is 20.5. The fourth-order valence-electron chi connectivity index (χ4n) is 8.96. The van der Waals surface area contributed by atoms with Crippen molar-refractivity contribution in [1.82, 2.24) is 4.57 Å². The average Bonchev–Trinajstić information content (AvgIpc) is 3.97. The van der Waals surface area contributed by atoms with E-state index in [0.717, 1.165) is 55.8 Å². The van der Waals surface area contributed by atoms with E-state index in [9.17, 15) is 0 Å². The van der Waals surface area contributed by atoms with Crippen LogP contribution in [0.25, 0.3) is 91.9 Å². The molecule has 0 saturated carbocycles. The maximum atomic E-state index is 6.47. The summed E-state index contributed by atoms with van der Waals surface area (Å²) in [6.07, 6.45) is 0. The van der Waals surface area contributed by atoms with Gasteiger partial charge in [-0.25, -0.2) is 0 Å². The van der Waals surface area contributed by atoms with Gasteiger partial charge in [-0.2, -0.15) is 0 Å². The van der Waals surface area contributed by atoms with Gasteiger partial charge in [-0.3, -0.25) is 0 Å². The minimum atomic E-state index is 0.903. The first-order chi connectivity index (χ1) is 28.8. The summed E-state index contributed by atoms with van der Waals surface area (Å²) in [5.41, 5.74) is 13.2. The third-order valence-corrected chi connectivity index (χ3v) is 12.8. The zero-order valence-electron chi connectivity index (χ0n) is 31.3. The van der Waals surface area contributed by atoms with Gasteiger partial charge in [-0.15, -0.1) is 11.3 Å². The Morgan fingerprint density at radius 1 is 0.397 bits per heavy atom. The molecule has 12 rings (SSSR count). The van der Waals surface area contributed by atoms with E-state index < -0.39 is 0 Å². The minimum Gasteiger partial charge on any atom is -0.455 e. The van der Waals surface area contributed by atoms with Crippen LogP contribution in [-0.4, -0.2) is 4.57 Å².